The normalized spacial score (nSPS) is 22.7. The van der Waals surface area contributed by atoms with E-state index in [9.17, 15) is 9.59 Å². The zero-order valence-electron chi connectivity index (χ0n) is 18.5. The van der Waals surface area contributed by atoms with E-state index in [0.29, 0.717) is 35.6 Å². The molecule has 32 heavy (non-hydrogen) atoms. The smallest absolute Gasteiger partial charge is 0.315 e. The van der Waals surface area contributed by atoms with Crippen molar-refractivity contribution in [1.29, 1.82) is 0 Å². The van der Waals surface area contributed by atoms with Gasteiger partial charge in [0.25, 0.3) is 0 Å². The van der Waals surface area contributed by atoms with Gasteiger partial charge in [0.1, 0.15) is 17.4 Å². The van der Waals surface area contributed by atoms with Crippen molar-refractivity contribution < 1.29 is 23.8 Å². The molecule has 1 N–H and O–H groups in total. The van der Waals surface area contributed by atoms with Gasteiger partial charge in [0.2, 0.25) is 0 Å². The number of allylic oxidation sites excluding steroid dienone is 2. The van der Waals surface area contributed by atoms with Crippen LogP contribution in [0.4, 0.5) is 0 Å². The molecular weight excluding hydrogens is 406 g/mol. The Kier molecular flexibility index (Phi) is 6.04. The Balaban J connectivity index is 1.85. The summed E-state index contributed by atoms with van der Waals surface area (Å²) in [5.74, 6) is -0.513. The molecule has 0 spiro atoms. The molecule has 0 amide bonds. The number of ether oxygens (including phenoxy) is 3. The van der Waals surface area contributed by atoms with Crippen molar-refractivity contribution in [2.24, 2.45) is 5.92 Å². The molecule has 0 saturated heterocycles. The summed E-state index contributed by atoms with van der Waals surface area (Å²) in [6.07, 6.45) is 1.03. The van der Waals surface area contributed by atoms with Crippen molar-refractivity contribution in [2.75, 3.05) is 21.3 Å². The van der Waals surface area contributed by atoms with Crippen LogP contribution in [0.1, 0.15) is 35.8 Å². The molecule has 0 aromatic heterocycles. The average Bonchev–Trinajstić information content (AvgIpc) is 2.82. The molecule has 1 aliphatic heterocycles. The molecular formula is C26H27NO5. The lowest BCUT2D eigenvalue weighted by molar-refractivity contribution is -0.144. The molecule has 3 atom stereocenters. The van der Waals surface area contributed by atoms with E-state index in [2.05, 4.69) is 11.9 Å². The van der Waals surface area contributed by atoms with E-state index in [1.54, 1.807) is 26.4 Å². The molecule has 2 aromatic rings. The Labute approximate surface area is 187 Å². The first-order valence-electron chi connectivity index (χ1n) is 10.5. The van der Waals surface area contributed by atoms with Crippen LogP contribution in [0.2, 0.25) is 0 Å². The van der Waals surface area contributed by atoms with Gasteiger partial charge in [-0.15, -0.1) is 0 Å². The first-order chi connectivity index (χ1) is 15.5. The zero-order chi connectivity index (χ0) is 22.8. The zero-order valence-corrected chi connectivity index (χ0v) is 18.5. The van der Waals surface area contributed by atoms with Crippen LogP contribution in [0.3, 0.4) is 0 Å². The highest BCUT2D eigenvalue weighted by molar-refractivity contribution is 6.01. The molecule has 0 bridgehead atoms. The van der Waals surface area contributed by atoms with Crippen molar-refractivity contribution >= 4 is 11.8 Å². The Hall–Kier alpha value is -3.54. The second-order valence-corrected chi connectivity index (χ2v) is 8.07. The number of nitrogens with one attached hydrogen (secondary N) is 1. The van der Waals surface area contributed by atoms with E-state index in [1.165, 1.54) is 7.11 Å². The molecule has 1 heterocycles. The van der Waals surface area contributed by atoms with Gasteiger partial charge in [-0.2, -0.15) is 0 Å². The van der Waals surface area contributed by atoms with Crippen molar-refractivity contribution in [1.82, 2.24) is 5.32 Å². The SMILES string of the molecule is C=C1NC2=C(C(=O)CC(c3ccccc3)C2)C(c2ccc(OC)cc2OC)C1C(=O)OC. The number of methoxy groups -OCH3 is 3. The Morgan fingerprint density at radius 2 is 1.78 bits per heavy atom. The van der Waals surface area contributed by atoms with Crippen molar-refractivity contribution in [3.63, 3.8) is 0 Å². The molecule has 2 aromatic carbocycles. The maximum Gasteiger partial charge on any atom is 0.315 e. The minimum atomic E-state index is -0.752. The summed E-state index contributed by atoms with van der Waals surface area (Å²) < 4.78 is 16.0. The van der Waals surface area contributed by atoms with Gasteiger partial charge in [-0.1, -0.05) is 43.0 Å². The van der Waals surface area contributed by atoms with E-state index in [4.69, 9.17) is 14.2 Å². The van der Waals surface area contributed by atoms with Crippen molar-refractivity contribution in [3.05, 3.63) is 83.2 Å². The first kappa shape index (κ1) is 21.7. The largest absolute Gasteiger partial charge is 0.497 e. The quantitative estimate of drug-likeness (QED) is 0.716. The maximum atomic E-state index is 13.5. The van der Waals surface area contributed by atoms with E-state index in [-0.39, 0.29) is 11.7 Å². The fourth-order valence-electron chi connectivity index (χ4n) is 4.83. The number of hydrogen-bond donors (Lipinski definition) is 1. The maximum absolute atomic E-state index is 13.5. The van der Waals surface area contributed by atoms with Crippen LogP contribution < -0.4 is 14.8 Å². The monoisotopic (exact) mass is 433 g/mol. The van der Waals surface area contributed by atoms with Crippen LogP contribution in [0.25, 0.3) is 0 Å². The third kappa shape index (κ3) is 3.77. The predicted octanol–water partition coefficient (Wildman–Crippen LogP) is 4.09. The van der Waals surface area contributed by atoms with Gasteiger partial charge in [-0.3, -0.25) is 9.59 Å². The Bertz CT molecular complexity index is 1090. The van der Waals surface area contributed by atoms with Crippen LogP contribution in [0, 0.1) is 5.92 Å². The van der Waals surface area contributed by atoms with Crippen LogP contribution in [-0.2, 0) is 14.3 Å². The van der Waals surface area contributed by atoms with Gasteiger partial charge in [-0.25, -0.2) is 0 Å². The number of ketones is 1. The number of rotatable bonds is 5. The minimum absolute atomic E-state index is 0.0110. The average molecular weight is 434 g/mol. The summed E-state index contributed by atoms with van der Waals surface area (Å²) in [6, 6.07) is 15.4. The van der Waals surface area contributed by atoms with E-state index in [0.717, 1.165) is 16.8 Å². The van der Waals surface area contributed by atoms with Gasteiger partial charge in [0.05, 0.1) is 21.3 Å². The molecule has 0 saturated carbocycles. The fourth-order valence-corrected chi connectivity index (χ4v) is 4.83. The number of benzene rings is 2. The highest BCUT2D eigenvalue weighted by Crippen LogP contribution is 2.49. The summed E-state index contributed by atoms with van der Waals surface area (Å²) in [7, 11) is 4.48. The number of hydrogen-bond acceptors (Lipinski definition) is 6. The molecule has 1 aliphatic carbocycles. The van der Waals surface area contributed by atoms with Crippen LogP contribution in [0.15, 0.2) is 72.1 Å². The predicted molar refractivity (Wildman–Crippen MR) is 121 cm³/mol. The number of esters is 1. The van der Waals surface area contributed by atoms with Gasteiger partial charge in [-0.05, 0) is 24.0 Å². The molecule has 6 nitrogen and oxygen atoms in total. The summed E-state index contributed by atoms with van der Waals surface area (Å²) in [6.45, 7) is 4.12. The van der Waals surface area contributed by atoms with Crippen LogP contribution in [0.5, 0.6) is 11.5 Å². The van der Waals surface area contributed by atoms with E-state index < -0.39 is 17.8 Å². The summed E-state index contributed by atoms with van der Waals surface area (Å²) >= 11 is 0. The standard InChI is InChI=1S/C26H27NO5/c1-15-23(26(29)32-4)24(19-11-10-18(30-2)14-22(19)31-3)25-20(27-15)12-17(13-21(25)28)16-8-6-5-7-9-16/h5-11,14,17,23-24,27H,1,12-13H2,2-4H3. The number of carbonyl (C=O) groups is 2. The highest BCUT2D eigenvalue weighted by atomic mass is 16.5. The molecule has 2 aliphatic rings. The van der Waals surface area contributed by atoms with Crippen molar-refractivity contribution in [3.8, 4) is 11.5 Å². The van der Waals surface area contributed by atoms with Gasteiger partial charge < -0.3 is 19.5 Å². The lowest BCUT2D eigenvalue weighted by atomic mass is 9.69. The highest BCUT2D eigenvalue weighted by Gasteiger charge is 2.46. The van der Waals surface area contributed by atoms with Gasteiger partial charge in [0.15, 0.2) is 5.78 Å². The topological polar surface area (TPSA) is 73.9 Å². The summed E-state index contributed by atoms with van der Waals surface area (Å²) in [5.41, 5.74) is 3.77. The van der Waals surface area contributed by atoms with Crippen LogP contribution in [-0.4, -0.2) is 33.1 Å². The van der Waals surface area contributed by atoms with Gasteiger partial charge in [0, 0.05) is 40.9 Å². The second-order valence-electron chi connectivity index (χ2n) is 8.07. The second kappa shape index (κ2) is 8.91. The third-order valence-electron chi connectivity index (χ3n) is 6.34. The van der Waals surface area contributed by atoms with Crippen molar-refractivity contribution in [2.45, 2.75) is 24.7 Å². The summed E-state index contributed by atoms with van der Waals surface area (Å²) in [5, 5.41) is 3.27. The van der Waals surface area contributed by atoms with Gasteiger partial charge >= 0.3 is 5.97 Å². The number of Topliss-reactive ketones (excluding diaryl/α,β-unsaturated/α-hetero) is 1. The Morgan fingerprint density at radius 3 is 2.44 bits per heavy atom. The molecule has 0 fully saturated rings. The summed E-state index contributed by atoms with van der Waals surface area (Å²) in [4.78, 5) is 26.4. The van der Waals surface area contributed by atoms with E-state index in [1.807, 2.05) is 36.4 Å². The van der Waals surface area contributed by atoms with E-state index >= 15 is 0 Å². The third-order valence-corrected chi connectivity index (χ3v) is 6.34. The molecule has 0 radical (unpaired) electrons. The lowest BCUT2D eigenvalue weighted by Gasteiger charge is -2.40. The molecule has 166 valence electrons. The molecule has 6 heteroatoms. The fraction of sp³-hybridized carbons (Fsp3) is 0.308. The molecule has 3 unspecified atom stereocenters. The number of carbonyl (C=O) groups excluding carboxylic acids is 2. The molecule has 4 rings (SSSR count). The first-order valence-corrected chi connectivity index (χ1v) is 10.5. The minimum Gasteiger partial charge on any atom is -0.497 e. The van der Waals surface area contributed by atoms with Crippen LogP contribution >= 0.6 is 0 Å². The Morgan fingerprint density at radius 1 is 1.03 bits per heavy atom. The lowest BCUT2D eigenvalue weighted by Crippen LogP contribution is -2.42.